The molecule has 0 atom stereocenters. The minimum Gasteiger partial charge on any atom is -0.478 e. The Labute approximate surface area is 107 Å². The van der Waals surface area contributed by atoms with E-state index in [0.717, 1.165) is 19.3 Å². The lowest BCUT2D eigenvalue weighted by molar-refractivity contribution is 0.0697. The molecule has 0 radical (unpaired) electrons. The molecular weight excluding hydrogens is 232 g/mol. The fourth-order valence-electron chi connectivity index (χ4n) is 1.91. The first-order valence-electron chi connectivity index (χ1n) is 6.01. The Kier molecular flexibility index (Phi) is 5.45. The third-order valence-corrected chi connectivity index (χ3v) is 2.83. The molecule has 5 heteroatoms. The van der Waals surface area contributed by atoms with Gasteiger partial charge in [0.25, 0.3) is 0 Å². The van der Waals surface area contributed by atoms with Gasteiger partial charge in [0.15, 0.2) is 0 Å². The van der Waals surface area contributed by atoms with Crippen LogP contribution in [0.2, 0.25) is 0 Å². The Bertz CT molecular complexity index is 407. The average molecular weight is 252 g/mol. The molecule has 18 heavy (non-hydrogen) atoms. The maximum Gasteiger partial charge on any atom is 0.337 e. The quantitative estimate of drug-likeness (QED) is 0.506. The summed E-state index contributed by atoms with van der Waals surface area (Å²) in [6.45, 7) is 0.909. The maximum atomic E-state index is 11.1. The van der Waals surface area contributed by atoms with Crippen LogP contribution in [-0.4, -0.2) is 36.4 Å². The van der Waals surface area contributed by atoms with Gasteiger partial charge in [0.1, 0.15) is 0 Å². The van der Waals surface area contributed by atoms with Gasteiger partial charge in [-0.05, 0) is 31.4 Å². The van der Waals surface area contributed by atoms with Crippen LogP contribution in [0.3, 0.4) is 0 Å². The molecule has 5 nitrogen and oxygen atoms in total. The summed E-state index contributed by atoms with van der Waals surface area (Å²) in [5, 5.41) is 17.8. The summed E-state index contributed by atoms with van der Waals surface area (Å²) >= 11 is 0. The third kappa shape index (κ3) is 3.63. The lowest BCUT2D eigenvalue weighted by Gasteiger charge is -2.22. The van der Waals surface area contributed by atoms with Gasteiger partial charge < -0.3 is 20.8 Å². The number of rotatable bonds is 7. The van der Waals surface area contributed by atoms with Gasteiger partial charge in [0.2, 0.25) is 0 Å². The molecule has 1 aromatic carbocycles. The standard InChI is InChI=1S/C13H20N2O3/c1-15(8-3-2-4-9-16)12-10(13(17)18)6-5-7-11(12)14/h5-7,16H,2-4,8-9,14H2,1H3,(H,17,18). The van der Waals surface area contributed by atoms with Crippen molar-refractivity contribution in [2.45, 2.75) is 19.3 Å². The van der Waals surface area contributed by atoms with Crippen molar-refractivity contribution in [2.24, 2.45) is 0 Å². The zero-order valence-corrected chi connectivity index (χ0v) is 10.6. The van der Waals surface area contributed by atoms with Crippen molar-refractivity contribution in [3.63, 3.8) is 0 Å². The minimum atomic E-state index is -0.973. The van der Waals surface area contributed by atoms with Crippen LogP contribution in [0.1, 0.15) is 29.6 Å². The summed E-state index contributed by atoms with van der Waals surface area (Å²) in [6.07, 6.45) is 2.57. The first-order chi connectivity index (χ1) is 8.57. The van der Waals surface area contributed by atoms with Gasteiger partial charge in [0, 0.05) is 20.2 Å². The number of benzene rings is 1. The molecule has 1 rings (SSSR count). The summed E-state index contributed by atoms with van der Waals surface area (Å²) in [4.78, 5) is 13.0. The van der Waals surface area contributed by atoms with E-state index >= 15 is 0 Å². The molecule has 0 saturated carbocycles. The zero-order chi connectivity index (χ0) is 13.5. The van der Waals surface area contributed by atoms with Crippen LogP contribution in [0.5, 0.6) is 0 Å². The van der Waals surface area contributed by atoms with Gasteiger partial charge in [-0.15, -0.1) is 0 Å². The lowest BCUT2D eigenvalue weighted by atomic mass is 10.1. The monoisotopic (exact) mass is 252 g/mol. The number of aliphatic hydroxyl groups is 1. The van der Waals surface area contributed by atoms with E-state index in [1.165, 1.54) is 0 Å². The molecule has 100 valence electrons. The van der Waals surface area contributed by atoms with Gasteiger partial charge in [0.05, 0.1) is 16.9 Å². The zero-order valence-electron chi connectivity index (χ0n) is 10.6. The first-order valence-corrected chi connectivity index (χ1v) is 6.01. The number of anilines is 2. The largest absolute Gasteiger partial charge is 0.478 e. The van der Waals surface area contributed by atoms with E-state index in [4.69, 9.17) is 15.9 Å². The summed E-state index contributed by atoms with van der Waals surface area (Å²) in [6, 6.07) is 4.89. The molecule has 0 aliphatic carbocycles. The van der Waals surface area contributed by atoms with Crippen LogP contribution in [-0.2, 0) is 0 Å². The molecule has 0 spiro atoms. The number of nitrogens with zero attached hydrogens (tertiary/aromatic N) is 1. The molecule has 0 aromatic heterocycles. The molecule has 0 unspecified atom stereocenters. The Hall–Kier alpha value is -1.75. The lowest BCUT2D eigenvalue weighted by Crippen LogP contribution is -2.22. The summed E-state index contributed by atoms with van der Waals surface area (Å²) in [5.41, 5.74) is 7.10. The highest BCUT2D eigenvalue weighted by Crippen LogP contribution is 2.27. The molecule has 0 bridgehead atoms. The molecular formula is C13H20N2O3. The van der Waals surface area contributed by atoms with Crippen molar-refractivity contribution in [3.05, 3.63) is 23.8 Å². The molecule has 0 aliphatic heterocycles. The summed E-state index contributed by atoms with van der Waals surface area (Å²) in [7, 11) is 1.83. The van der Waals surface area contributed by atoms with Crippen molar-refractivity contribution in [1.82, 2.24) is 0 Å². The summed E-state index contributed by atoms with van der Waals surface area (Å²) in [5.74, 6) is -0.973. The fraction of sp³-hybridized carbons (Fsp3) is 0.462. The second-order valence-electron chi connectivity index (χ2n) is 4.25. The topological polar surface area (TPSA) is 86.8 Å². The van der Waals surface area contributed by atoms with E-state index in [1.54, 1.807) is 18.2 Å². The molecule has 0 aliphatic rings. The van der Waals surface area contributed by atoms with Gasteiger partial charge in [-0.1, -0.05) is 6.07 Å². The Balaban J connectivity index is 2.77. The van der Waals surface area contributed by atoms with Crippen LogP contribution < -0.4 is 10.6 Å². The smallest absolute Gasteiger partial charge is 0.337 e. The van der Waals surface area contributed by atoms with Crippen LogP contribution >= 0.6 is 0 Å². The van der Waals surface area contributed by atoms with Crippen LogP contribution in [0, 0.1) is 0 Å². The van der Waals surface area contributed by atoms with E-state index in [2.05, 4.69) is 0 Å². The number of hydrogen-bond donors (Lipinski definition) is 3. The number of aromatic carboxylic acids is 1. The number of carboxylic acid groups (broad SMARTS) is 1. The number of aliphatic hydroxyl groups excluding tert-OH is 1. The third-order valence-electron chi connectivity index (χ3n) is 2.83. The number of para-hydroxylation sites is 1. The van der Waals surface area contributed by atoms with E-state index in [1.807, 2.05) is 11.9 Å². The average Bonchev–Trinajstić information content (AvgIpc) is 2.34. The predicted molar refractivity (Wildman–Crippen MR) is 72.0 cm³/mol. The van der Waals surface area contributed by atoms with Gasteiger partial charge in [-0.25, -0.2) is 4.79 Å². The normalized spacial score (nSPS) is 10.3. The van der Waals surface area contributed by atoms with Crippen LogP contribution in [0.15, 0.2) is 18.2 Å². The molecule has 0 heterocycles. The highest BCUT2D eigenvalue weighted by atomic mass is 16.4. The predicted octanol–water partition coefficient (Wildman–Crippen LogP) is 1.57. The molecule has 4 N–H and O–H groups in total. The molecule has 0 amide bonds. The van der Waals surface area contributed by atoms with E-state index < -0.39 is 5.97 Å². The van der Waals surface area contributed by atoms with Crippen LogP contribution in [0.25, 0.3) is 0 Å². The van der Waals surface area contributed by atoms with Gasteiger partial charge in [-0.2, -0.15) is 0 Å². The Morgan fingerprint density at radius 1 is 1.33 bits per heavy atom. The molecule has 0 fully saturated rings. The number of hydrogen-bond acceptors (Lipinski definition) is 4. The molecule has 1 aromatic rings. The number of carboxylic acids is 1. The van der Waals surface area contributed by atoms with E-state index in [0.29, 0.717) is 17.9 Å². The van der Waals surface area contributed by atoms with E-state index in [9.17, 15) is 4.79 Å². The number of nitrogen functional groups attached to an aromatic ring is 1. The van der Waals surface area contributed by atoms with Crippen molar-refractivity contribution in [3.8, 4) is 0 Å². The van der Waals surface area contributed by atoms with Crippen molar-refractivity contribution >= 4 is 17.3 Å². The second-order valence-corrected chi connectivity index (χ2v) is 4.25. The fourth-order valence-corrected chi connectivity index (χ4v) is 1.91. The summed E-state index contributed by atoms with van der Waals surface area (Å²) < 4.78 is 0. The number of nitrogens with two attached hydrogens (primary N) is 1. The minimum absolute atomic E-state index is 0.192. The van der Waals surface area contributed by atoms with Crippen molar-refractivity contribution < 1.29 is 15.0 Å². The SMILES string of the molecule is CN(CCCCCO)c1c(N)cccc1C(=O)O. The highest BCUT2D eigenvalue weighted by Gasteiger charge is 2.15. The number of carbonyl (C=O) groups is 1. The first kappa shape index (κ1) is 14.3. The Morgan fingerprint density at radius 3 is 2.67 bits per heavy atom. The maximum absolute atomic E-state index is 11.1. The van der Waals surface area contributed by atoms with Crippen molar-refractivity contribution in [2.75, 3.05) is 30.8 Å². The molecule has 0 saturated heterocycles. The van der Waals surface area contributed by atoms with Gasteiger partial charge >= 0.3 is 5.97 Å². The Morgan fingerprint density at radius 2 is 2.06 bits per heavy atom. The highest BCUT2D eigenvalue weighted by molar-refractivity contribution is 5.97. The van der Waals surface area contributed by atoms with Crippen LogP contribution in [0.4, 0.5) is 11.4 Å². The van der Waals surface area contributed by atoms with Crippen molar-refractivity contribution in [1.29, 1.82) is 0 Å². The number of unbranched alkanes of at least 4 members (excludes halogenated alkanes) is 2. The second kappa shape index (κ2) is 6.86. The van der Waals surface area contributed by atoms with E-state index in [-0.39, 0.29) is 12.2 Å². The van der Waals surface area contributed by atoms with Gasteiger partial charge in [-0.3, -0.25) is 0 Å².